The third-order valence-electron chi connectivity index (χ3n) is 14.1. The Morgan fingerprint density at radius 2 is 1.86 bits per heavy atom. The lowest BCUT2D eigenvalue weighted by atomic mass is 9.44. The zero-order valence-corrected chi connectivity index (χ0v) is 34.4. The first-order valence-corrected chi connectivity index (χ1v) is 21.2. The highest BCUT2D eigenvalue weighted by atomic mass is 32.2. The number of thioether (sulfide) groups is 1. The standard InChI is InChI=1S/C44H58N6O5S/c1-7-42(5)24-37(43(6)30(3)15-17-44(31(4)41(42)54)18-16-35(51)40(43)44)55-39(53)28-56-36-14-9-8-13-34(36)45-38(52)27-50-26-32(46-47-50)25-48-19-21-49(22-20-48)33-12-10-11-29(2)23-33/h7-14,23,26,30-31,37,40-41,54H,1,15-22,24-25,27-28H2,2-6H3,(H,45,52)/t30-,31+,37-,40+,41+,42-,43+,44+/m1/s1. The zero-order chi connectivity index (χ0) is 39.8. The van der Waals surface area contributed by atoms with Crippen molar-refractivity contribution >= 4 is 40.8 Å². The average molecular weight is 783 g/mol. The molecule has 8 atom stereocenters. The normalized spacial score (nSPS) is 31.9. The number of anilines is 2. The molecular weight excluding hydrogens is 725 g/mol. The number of nitrogens with one attached hydrogen (secondary N) is 1. The Kier molecular flexibility index (Phi) is 11.6. The van der Waals surface area contributed by atoms with Crippen LogP contribution in [0.2, 0.25) is 0 Å². The lowest BCUT2D eigenvalue weighted by Crippen LogP contribution is -2.63. The lowest BCUT2D eigenvalue weighted by Gasteiger charge is -2.61. The lowest BCUT2D eigenvalue weighted by molar-refractivity contribution is -0.205. The molecule has 3 saturated carbocycles. The molecule has 3 aromatic rings. The summed E-state index contributed by atoms with van der Waals surface area (Å²) in [6.07, 6.45) is 5.80. The molecule has 2 N–H and O–H groups in total. The van der Waals surface area contributed by atoms with E-state index in [0.29, 0.717) is 25.1 Å². The Balaban J connectivity index is 0.960. The van der Waals surface area contributed by atoms with E-state index in [9.17, 15) is 19.5 Å². The van der Waals surface area contributed by atoms with Crippen LogP contribution in [0.5, 0.6) is 0 Å². The van der Waals surface area contributed by atoms with E-state index in [4.69, 9.17) is 4.74 Å². The number of aliphatic hydroxyl groups is 1. The van der Waals surface area contributed by atoms with E-state index >= 15 is 0 Å². The summed E-state index contributed by atoms with van der Waals surface area (Å²) in [5, 5.41) is 23.4. The van der Waals surface area contributed by atoms with Crippen molar-refractivity contribution in [1.29, 1.82) is 0 Å². The fraction of sp³-hybridized carbons (Fsp3) is 0.568. The van der Waals surface area contributed by atoms with Crippen molar-refractivity contribution in [1.82, 2.24) is 19.9 Å². The highest BCUT2D eigenvalue weighted by molar-refractivity contribution is 8.00. The van der Waals surface area contributed by atoms with Crippen molar-refractivity contribution in [2.24, 2.45) is 34.0 Å². The van der Waals surface area contributed by atoms with Gasteiger partial charge in [-0.1, -0.05) is 63.2 Å². The number of aryl methyl sites for hydroxylation is 1. The van der Waals surface area contributed by atoms with E-state index in [0.717, 1.165) is 56.0 Å². The van der Waals surface area contributed by atoms with Crippen LogP contribution < -0.4 is 10.2 Å². The molecule has 300 valence electrons. The number of aromatic nitrogens is 3. The Bertz CT molecular complexity index is 1950. The number of nitrogens with zero attached hydrogens (tertiary/aromatic N) is 5. The van der Waals surface area contributed by atoms with Gasteiger partial charge in [0.25, 0.3) is 0 Å². The number of para-hydroxylation sites is 1. The van der Waals surface area contributed by atoms with Crippen LogP contribution in [-0.2, 0) is 32.2 Å². The second-order valence-corrected chi connectivity index (χ2v) is 18.4. The van der Waals surface area contributed by atoms with E-state index < -0.39 is 29.0 Å². The van der Waals surface area contributed by atoms with E-state index in [2.05, 4.69) is 84.0 Å². The maximum Gasteiger partial charge on any atom is 0.316 e. The third kappa shape index (κ3) is 7.68. The van der Waals surface area contributed by atoms with Crippen molar-refractivity contribution < 1.29 is 24.2 Å². The van der Waals surface area contributed by atoms with E-state index in [-0.39, 0.29) is 47.2 Å². The smallest absolute Gasteiger partial charge is 0.316 e. The van der Waals surface area contributed by atoms with Gasteiger partial charge in [0.15, 0.2) is 0 Å². The number of hydrogen-bond acceptors (Lipinski definition) is 10. The quantitative estimate of drug-likeness (QED) is 0.126. The highest BCUT2D eigenvalue weighted by Crippen LogP contribution is 2.68. The van der Waals surface area contributed by atoms with Gasteiger partial charge >= 0.3 is 5.97 Å². The molecule has 4 fully saturated rings. The van der Waals surface area contributed by atoms with Crippen LogP contribution in [0.25, 0.3) is 0 Å². The topological polar surface area (TPSA) is 130 Å². The van der Waals surface area contributed by atoms with Crippen molar-refractivity contribution in [3.63, 3.8) is 0 Å². The van der Waals surface area contributed by atoms with Crippen LogP contribution in [-0.4, -0.2) is 86.8 Å². The first-order chi connectivity index (χ1) is 26.8. The summed E-state index contributed by atoms with van der Waals surface area (Å²) in [6, 6.07) is 16.0. The van der Waals surface area contributed by atoms with Gasteiger partial charge in [-0.05, 0) is 79.7 Å². The minimum Gasteiger partial charge on any atom is -0.461 e. The van der Waals surface area contributed by atoms with Crippen LogP contribution in [0.4, 0.5) is 11.4 Å². The van der Waals surface area contributed by atoms with Crippen LogP contribution >= 0.6 is 11.8 Å². The molecule has 3 aliphatic carbocycles. The molecule has 1 aliphatic heterocycles. The molecule has 2 heterocycles. The molecule has 2 bridgehead atoms. The minimum atomic E-state index is -0.715. The number of amides is 1. The molecule has 0 spiro atoms. The Labute approximate surface area is 335 Å². The van der Waals surface area contributed by atoms with Gasteiger partial charge in [0.05, 0.1) is 29.4 Å². The summed E-state index contributed by atoms with van der Waals surface area (Å²) < 4.78 is 8.00. The molecule has 12 heteroatoms. The summed E-state index contributed by atoms with van der Waals surface area (Å²) in [6.45, 7) is 19.1. The number of Topliss-reactive ketones (excluding diaryl/α,β-unsaturated/α-hetero) is 1. The SMILES string of the molecule is C=C[C@]1(C)C[C@@H](OC(=O)CSc2ccccc2NC(=O)Cn2cc(CN3CCN(c4cccc(C)c4)CC3)nn2)[C@]2(C)[C@H](C)CC[C@]3(CCC(=O)[C@H]32)[C@@H](C)[C@@H]1O. The fourth-order valence-corrected chi connectivity index (χ4v) is 11.4. The average Bonchev–Trinajstić information content (AvgIpc) is 3.78. The van der Waals surface area contributed by atoms with E-state index in [1.54, 1.807) is 4.68 Å². The summed E-state index contributed by atoms with van der Waals surface area (Å²) in [7, 11) is 0. The second kappa shape index (κ2) is 16.1. The van der Waals surface area contributed by atoms with Crippen LogP contribution in [0.3, 0.4) is 0 Å². The van der Waals surface area contributed by atoms with Crippen molar-refractivity contribution in [2.45, 2.75) is 96.9 Å². The van der Waals surface area contributed by atoms with Gasteiger partial charge in [-0.3, -0.25) is 19.3 Å². The number of hydrogen-bond donors (Lipinski definition) is 2. The maximum absolute atomic E-state index is 13.8. The van der Waals surface area contributed by atoms with Crippen LogP contribution in [0.1, 0.15) is 71.1 Å². The first-order valence-electron chi connectivity index (χ1n) is 20.2. The molecule has 0 unspecified atom stereocenters. The summed E-state index contributed by atoms with van der Waals surface area (Å²) in [5.41, 5.74) is 2.33. The van der Waals surface area contributed by atoms with Gasteiger partial charge < -0.3 is 20.1 Å². The Morgan fingerprint density at radius 1 is 1.09 bits per heavy atom. The monoisotopic (exact) mass is 782 g/mol. The zero-order valence-electron chi connectivity index (χ0n) is 33.6. The molecule has 11 nitrogen and oxygen atoms in total. The highest BCUT2D eigenvalue weighted by Gasteiger charge is 2.68. The van der Waals surface area contributed by atoms with Crippen molar-refractivity contribution in [2.75, 3.05) is 42.1 Å². The molecule has 56 heavy (non-hydrogen) atoms. The minimum absolute atomic E-state index is 0.00153. The first kappa shape index (κ1) is 40.2. The van der Waals surface area contributed by atoms with Gasteiger partial charge in [-0.2, -0.15) is 0 Å². The van der Waals surface area contributed by atoms with Crippen molar-refractivity contribution in [3.05, 3.63) is 78.6 Å². The Morgan fingerprint density at radius 3 is 2.61 bits per heavy atom. The third-order valence-corrected chi connectivity index (χ3v) is 15.1. The van der Waals surface area contributed by atoms with Gasteiger partial charge in [0.1, 0.15) is 18.4 Å². The number of rotatable bonds is 11. The van der Waals surface area contributed by atoms with Gasteiger partial charge in [-0.25, -0.2) is 4.68 Å². The number of carbonyl (C=O) groups excluding carboxylic acids is 3. The maximum atomic E-state index is 13.8. The number of aliphatic hydroxyl groups excluding tert-OH is 1. The van der Waals surface area contributed by atoms with Gasteiger partial charge in [0.2, 0.25) is 5.91 Å². The van der Waals surface area contributed by atoms with Gasteiger partial charge in [0, 0.05) is 66.5 Å². The van der Waals surface area contributed by atoms with E-state index in [1.165, 1.54) is 23.0 Å². The molecule has 1 amide bonds. The predicted octanol–water partition coefficient (Wildman–Crippen LogP) is 6.55. The predicted molar refractivity (Wildman–Crippen MR) is 219 cm³/mol. The molecule has 7 rings (SSSR count). The molecule has 1 saturated heterocycles. The van der Waals surface area contributed by atoms with Crippen LogP contribution in [0, 0.1) is 40.9 Å². The summed E-state index contributed by atoms with van der Waals surface area (Å²) in [4.78, 5) is 46.3. The molecule has 2 aromatic carbocycles. The largest absolute Gasteiger partial charge is 0.461 e. The van der Waals surface area contributed by atoms with E-state index in [1.807, 2.05) is 43.5 Å². The van der Waals surface area contributed by atoms with Crippen molar-refractivity contribution in [3.8, 4) is 0 Å². The molecule has 1 aromatic heterocycles. The van der Waals surface area contributed by atoms with Crippen LogP contribution in [0.15, 0.2) is 72.3 Å². The molecule has 0 radical (unpaired) electrons. The number of ether oxygens (including phenoxy) is 1. The number of ketones is 1. The number of carbonyl (C=O) groups is 3. The second-order valence-electron chi connectivity index (χ2n) is 17.4. The number of esters is 1. The fourth-order valence-electron chi connectivity index (χ4n) is 10.6. The summed E-state index contributed by atoms with van der Waals surface area (Å²) >= 11 is 1.30. The van der Waals surface area contributed by atoms with Gasteiger partial charge in [-0.15, -0.1) is 23.4 Å². The summed E-state index contributed by atoms with van der Waals surface area (Å²) in [5.74, 6) is -0.600. The Hall–Kier alpha value is -4.00. The number of piperazine rings is 1. The molecular formula is C44H58N6O5S. The molecule has 4 aliphatic rings. The number of benzene rings is 2.